The minimum atomic E-state index is -0.359. The third kappa shape index (κ3) is 2.18. The number of hydrogen-bond acceptors (Lipinski definition) is 5. The van der Waals surface area contributed by atoms with Gasteiger partial charge in [-0.25, -0.2) is 14.8 Å². The molecule has 2 aromatic heterocycles. The molecule has 3 heterocycles. The Morgan fingerprint density at radius 2 is 2.40 bits per heavy atom. The SMILES string of the molecule is CCOC(=O)c1c[nH]c2ncnc(C3=CCOCC3)c12. The largest absolute Gasteiger partial charge is 0.462 e. The molecular weight excluding hydrogens is 258 g/mol. The van der Waals surface area contributed by atoms with Gasteiger partial charge in [-0.3, -0.25) is 0 Å². The van der Waals surface area contributed by atoms with Crippen LogP contribution in [0.25, 0.3) is 16.6 Å². The Morgan fingerprint density at radius 1 is 1.50 bits per heavy atom. The molecule has 6 heteroatoms. The Hall–Kier alpha value is -2.21. The maximum atomic E-state index is 12.0. The molecule has 0 spiro atoms. The van der Waals surface area contributed by atoms with Gasteiger partial charge in [0.15, 0.2) is 0 Å². The molecule has 0 saturated heterocycles. The van der Waals surface area contributed by atoms with Crippen LogP contribution in [0.4, 0.5) is 0 Å². The lowest BCUT2D eigenvalue weighted by atomic mass is 10.0. The molecule has 0 aliphatic carbocycles. The van der Waals surface area contributed by atoms with E-state index in [0.29, 0.717) is 31.0 Å². The number of nitrogens with zero attached hydrogens (tertiary/aromatic N) is 2. The fourth-order valence-corrected chi connectivity index (χ4v) is 2.32. The Bertz CT molecular complexity index is 675. The second-order valence-electron chi connectivity index (χ2n) is 4.42. The summed E-state index contributed by atoms with van der Waals surface area (Å²) < 4.78 is 10.4. The van der Waals surface area contributed by atoms with Crippen LogP contribution in [0.1, 0.15) is 29.4 Å². The van der Waals surface area contributed by atoms with Crippen molar-refractivity contribution in [2.75, 3.05) is 19.8 Å². The number of hydrogen-bond donors (Lipinski definition) is 1. The highest BCUT2D eigenvalue weighted by Crippen LogP contribution is 2.28. The number of fused-ring (bicyclic) bond motifs is 1. The molecule has 1 aliphatic heterocycles. The van der Waals surface area contributed by atoms with Crippen molar-refractivity contribution in [3.8, 4) is 0 Å². The van der Waals surface area contributed by atoms with Crippen LogP contribution in [0.15, 0.2) is 18.6 Å². The lowest BCUT2D eigenvalue weighted by Crippen LogP contribution is -2.08. The van der Waals surface area contributed by atoms with E-state index < -0.39 is 0 Å². The number of carbonyl (C=O) groups excluding carboxylic acids is 1. The Morgan fingerprint density at radius 3 is 3.15 bits per heavy atom. The molecule has 1 aliphatic rings. The standard InChI is InChI=1S/C14H15N3O3/c1-2-20-14(18)10-7-15-13-11(10)12(16-8-17-13)9-3-5-19-6-4-9/h3,7-8H,2,4-6H2,1H3,(H,15,16,17). The maximum absolute atomic E-state index is 12.0. The van der Waals surface area contributed by atoms with Crippen LogP contribution in [0.2, 0.25) is 0 Å². The summed E-state index contributed by atoms with van der Waals surface area (Å²) >= 11 is 0. The summed E-state index contributed by atoms with van der Waals surface area (Å²) in [6.45, 7) is 3.35. The van der Waals surface area contributed by atoms with E-state index in [1.807, 2.05) is 6.08 Å². The van der Waals surface area contributed by atoms with E-state index in [1.165, 1.54) is 6.33 Å². The van der Waals surface area contributed by atoms with E-state index >= 15 is 0 Å². The average molecular weight is 273 g/mol. The summed E-state index contributed by atoms with van der Waals surface area (Å²) in [5.41, 5.74) is 2.98. The third-order valence-corrected chi connectivity index (χ3v) is 3.23. The smallest absolute Gasteiger partial charge is 0.340 e. The molecule has 0 atom stereocenters. The van der Waals surface area contributed by atoms with Crippen molar-refractivity contribution in [3.63, 3.8) is 0 Å². The van der Waals surface area contributed by atoms with Crippen LogP contribution in [-0.2, 0) is 9.47 Å². The summed E-state index contributed by atoms with van der Waals surface area (Å²) in [5, 5.41) is 0.721. The van der Waals surface area contributed by atoms with Gasteiger partial charge in [-0.05, 0) is 18.9 Å². The zero-order valence-corrected chi connectivity index (χ0v) is 11.2. The number of nitrogens with one attached hydrogen (secondary N) is 1. The van der Waals surface area contributed by atoms with Crippen LogP contribution in [0, 0.1) is 0 Å². The molecular formula is C14H15N3O3. The molecule has 0 aromatic carbocycles. The second kappa shape index (κ2) is 5.42. The molecule has 0 saturated carbocycles. The van der Waals surface area contributed by atoms with E-state index in [1.54, 1.807) is 13.1 Å². The first-order chi connectivity index (χ1) is 9.81. The van der Waals surface area contributed by atoms with E-state index in [9.17, 15) is 4.79 Å². The fourth-order valence-electron chi connectivity index (χ4n) is 2.32. The van der Waals surface area contributed by atoms with E-state index in [0.717, 1.165) is 23.1 Å². The molecule has 6 nitrogen and oxygen atoms in total. The van der Waals surface area contributed by atoms with Crippen molar-refractivity contribution < 1.29 is 14.3 Å². The van der Waals surface area contributed by atoms with Crippen LogP contribution in [-0.4, -0.2) is 40.7 Å². The van der Waals surface area contributed by atoms with Gasteiger partial charge in [0.2, 0.25) is 0 Å². The molecule has 104 valence electrons. The molecule has 1 N–H and O–H groups in total. The van der Waals surface area contributed by atoms with Gasteiger partial charge in [-0.1, -0.05) is 6.08 Å². The highest BCUT2D eigenvalue weighted by atomic mass is 16.5. The van der Waals surface area contributed by atoms with Gasteiger partial charge in [-0.15, -0.1) is 0 Å². The maximum Gasteiger partial charge on any atom is 0.340 e. The highest BCUT2D eigenvalue weighted by Gasteiger charge is 2.20. The van der Waals surface area contributed by atoms with Gasteiger partial charge >= 0.3 is 5.97 Å². The topological polar surface area (TPSA) is 77.1 Å². The van der Waals surface area contributed by atoms with Crippen molar-refractivity contribution >= 4 is 22.6 Å². The van der Waals surface area contributed by atoms with Crippen LogP contribution >= 0.6 is 0 Å². The van der Waals surface area contributed by atoms with Crippen molar-refractivity contribution in [1.29, 1.82) is 0 Å². The summed E-state index contributed by atoms with van der Waals surface area (Å²) in [6, 6.07) is 0. The fraction of sp³-hybridized carbons (Fsp3) is 0.357. The number of aromatic nitrogens is 3. The number of H-pyrrole nitrogens is 1. The molecule has 0 fully saturated rings. The molecule has 0 radical (unpaired) electrons. The molecule has 0 unspecified atom stereocenters. The highest BCUT2D eigenvalue weighted by molar-refractivity contribution is 6.06. The molecule has 0 bridgehead atoms. The van der Waals surface area contributed by atoms with Gasteiger partial charge in [0.1, 0.15) is 12.0 Å². The van der Waals surface area contributed by atoms with Crippen molar-refractivity contribution in [1.82, 2.24) is 15.0 Å². The number of ether oxygens (including phenoxy) is 2. The van der Waals surface area contributed by atoms with Crippen molar-refractivity contribution in [3.05, 3.63) is 29.9 Å². The van der Waals surface area contributed by atoms with E-state index in [-0.39, 0.29) is 5.97 Å². The number of rotatable bonds is 3. The number of aromatic amines is 1. The lowest BCUT2D eigenvalue weighted by Gasteiger charge is -2.13. The Balaban J connectivity index is 2.14. The van der Waals surface area contributed by atoms with E-state index in [4.69, 9.17) is 9.47 Å². The van der Waals surface area contributed by atoms with Gasteiger partial charge in [0.05, 0.1) is 36.5 Å². The minimum Gasteiger partial charge on any atom is -0.462 e. The third-order valence-electron chi connectivity index (χ3n) is 3.23. The van der Waals surface area contributed by atoms with E-state index in [2.05, 4.69) is 15.0 Å². The predicted molar refractivity (Wildman–Crippen MR) is 73.3 cm³/mol. The Labute approximate surface area is 115 Å². The molecule has 0 amide bonds. The van der Waals surface area contributed by atoms with Gasteiger partial charge in [-0.2, -0.15) is 0 Å². The first kappa shape index (κ1) is 12.8. The Kier molecular flexibility index (Phi) is 3.47. The average Bonchev–Trinajstić information content (AvgIpc) is 2.92. The first-order valence-corrected chi connectivity index (χ1v) is 6.57. The molecule has 3 rings (SSSR count). The normalized spacial score (nSPS) is 15.2. The molecule has 2 aromatic rings. The first-order valence-electron chi connectivity index (χ1n) is 6.57. The van der Waals surface area contributed by atoms with Crippen molar-refractivity contribution in [2.24, 2.45) is 0 Å². The summed E-state index contributed by atoms with van der Waals surface area (Å²) in [4.78, 5) is 23.5. The summed E-state index contributed by atoms with van der Waals surface area (Å²) in [5.74, 6) is -0.359. The van der Waals surface area contributed by atoms with Crippen LogP contribution < -0.4 is 0 Å². The predicted octanol–water partition coefficient (Wildman–Crippen LogP) is 1.94. The zero-order valence-electron chi connectivity index (χ0n) is 11.2. The quantitative estimate of drug-likeness (QED) is 0.865. The lowest BCUT2D eigenvalue weighted by molar-refractivity contribution is 0.0528. The van der Waals surface area contributed by atoms with Crippen LogP contribution in [0.3, 0.4) is 0 Å². The minimum absolute atomic E-state index is 0.338. The second-order valence-corrected chi connectivity index (χ2v) is 4.42. The van der Waals surface area contributed by atoms with Gasteiger partial charge in [0, 0.05) is 6.20 Å². The number of esters is 1. The van der Waals surface area contributed by atoms with Crippen LogP contribution in [0.5, 0.6) is 0 Å². The zero-order chi connectivity index (χ0) is 13.9. The summed E-state index contributed by atoms with van der Waals surface area (Å²) in [7, 11) is 0. The number of carbonyl (C=O) groups is 1. The van der Waals surface area contributed by atoms with Gasteiger partial charge < -0.3 is 14.5 Å². The monoisotopic (exact) mass is 273 g/mol. The summed E-state index contributed by atoms with van der Waals surface area (Å²) in [6.07, 6.45) is 5.90. The van der Waals surface area contributed by atoms with Gasteiger partial charge in [0.25, 0.3) is 0 Å². The van der Waals surface area contributed by atoms with Crippen molar-refractivity contribution in [2.45, 2.75) is 13.3 Å². The molecule has 20 heavy (non-hydrogen) atoms.